The number of esters is 1. The van der Waals surface area contributed by atoms with Crippen molar-refractivity contribution >= 4 is 27.5 Å². The van der Waals surface area contributed by atoms with Crippen LogP contribution in [0, 0.1) is 0 Å². The zero-order valence-electron chi connectivity index (χ0n) is 15.7. The Morgan fingerprint density at radius 1 is 0.552 bits per heavy atom. The van der Waals surface area contributed by atoms with Gasteiger partial charge in [0.05, 0.1) is 5.56 Å². The molecule has 2 nitrogen and oxygen atoms in total. The second-order valence-corrected chi connectivity index (χ2v) is 6.94. The monoisotopic (exact) mass is 374 g/mol. The number of rotatable bonds is 3. The summed E-state index contributed by atoms with van der Waals surface area (Å²) in [5, 5.41) is 4.44. The van der Waals surface area contributed by atoms with Gasteiger partial charge in [0.2, 0.25) is 0 Å². The van der Waals surface area contributed by atoms with E-state index in [-0.39, 0.29) is 5.97 Å². The summed E-state index contributed by atoms with van der Waals surface area (Å²) in [5.74, 6) is 0.205. The SMILES string of the molecule is O=C(Oc1ccc2ccccc2c1-c1cccc2ccccc12)c1ccccc1. The van der Waals surface area contributed by atoms with Crippen molar-refractivity contribution in [1.29, 1.82) is 0 Å². The van der Waals surface area contributed by atoms with Crippen LogP contribution in [-0.2, 0) is 0 Å². The van der Waals surface area contributed by atoms with E-state index in [2.05, 4.69) is 36.4 Å². The molecule has 0 aromatic heterocycles. The molecule has 0 saturated carbocycles. The van der Waals surface area contributed by atoms with E-state index < -0.39 is 0 Å². The van der Waals surface area contributed by atoms with Crippen molar-refractivity contribution in [3.63, 3.8) is 0 Å². The molecule has 2 heteroatoms. The van der Waals surface area contributed by atoms with Gasteiger partial charge in [-0.15, -0.1) is 0 Å². The van der Waals surface area contributed by atoms with Gasteiger partial charge in [-0.3, -0.25) is 0 Å². The number of carbonyl (C=O) groups is 1. The molecule has 0 spiro atoms. The zero-order chi connectivity index (χ0) is 19.6. The molecular weight excluding hydrogens is 356 g/mol. The van der Waals surface area contributed by atoms with Gasteiger partial charge in [-0.1, -0.05) is 91.0 Å². The lowest BCUT2D eigenvalue weighted by Crippen LogP contribution is -2.09. The third kappa shape index (κ3) is 3.15. The Labute approximate surface area is 169 Å². The van der Waals surface area contributed by atoms with Gasteiger partial charge in [-0.2, -0.15) is 0 Å². The molecule has 0 amide bonds. The topological polar surface area (TPSA) is 26.3 Å². The molecule has 0 aliphatic carbocycles. The molecule has 5 aromatic rings. The summed E-state index contributed by atoms with van der Waals surface area (Å²) in [4.78, 5) is 12.8. The lowest BCUT2D eigenvalue weighted by atomic mass is 9.93. The number of hydrogen-bond acceptors (Lipinski definition) is 2. The van der Waals surface area contributed by atoms with Crippen LogP contribution in [0.2, 0.25) is 0 Å². The van der Waals surface area contributed by atoms with E-state index in [1.807, 2.05) is 60.7 Å². The highest BCUT2D eigenvalue weighted by Gasteiger charge is 2.17. The van der Waals surface area contributed by atoms with Gasteiger partial charge >= 0.3 is 5.97 Å². The molecule has 5 rings (SSSR count). The Bertz CT molecular complexity index is 1330. The van der Waals surface area contributed by atoms with Gasteiger partial charge in [0, 0.05) is 5.56 Å². The van der Waals surface area contributed by atoms with Gasteiger partial charge in [-0.25, -0.2) is 4.79 Å². The number of carbonyl (C=O) groups excluding carboxylic acids is 1. The van der Waals surface area contributed by atoms with Crippen LogP contribution in [0.25, 0.3) is 32.7 Å². The molecule has 0 heterocycles. The Balaban J connectivity index is 1.74. The first-order valence-electron chi connectivity index (χ1n) is 9.58. The summed E-state index contributed by atoms with van der Waals surface area (Å²) in [6.07, 6.45) is 0. The highest BCUT2D eigenvalue weighted by atomic mass is 16.5. The van der Waals surface area contributed by atoms with Crippen molar-refractivity contribution in [1.82, 2.24) is 0 Å². The maximum Gasteiger partial charge on any atom is 0.343 e. The largest absolute Gasteiger partial charge is 0.422 e. The number of hydrogen-bond donors (Lipinski definition) is 0. The van der Waals surface area contributed by atoms with Gasteiger partial charge in [0.1, 0.15) is 5.75 Å². The van der Waals surface area contributed by atoms with Crippen molar-refractivity contribution < 1.29 is 9.53 Å². The predicted octanol–water partition coefficient (Wildman–Crippen LogP) is 6.88. The maximum atomic E-state index is 12.8. The van der Waals surface area contributed by atoms with E-state index in [9.17, 15) is 4.79 Å². The second kappa shape index (κ2) is 7.25. The van der Waals surface area contributed by atoms with E-state index in [0.29, 0.717) is 11.3 Å². The molecule has 0 N–H and O–H groups in total. The van der Waals surface area contributed by atoms with E-state index >= 15 is 0 Å². The predicted molar refractivity (Wildman–Crippen MR) is 118 cm³/mol. The summed E-state index contributed by atoms with van der Waals surface area (Å²) >= 11 is 0. The molecular formula is C27H18O2. The van der Waals surface area contributed by atoms with Gasteiger partial charge < -0.3 is 4.74 Å². The molecule has 0 aliphatic heterocycles. The van der Waals surface area contributed by atoms with Gasteiger partial charge in [-0.05, 0) is 45.3 Å². The quantitative estimate of drug-likeness (QED) is 0.254. The molecule has 0 fully saturated rings. The Morgan fingerprint density at radius 3 is 1.97 bits per heavy atom. The van der Waals surface area contributed by atoms with Crippen molar-refractivity contribution in [2.75, 3.05) is 0 Å². The molecule has 138 valence electrons. The molecule has 29 heavy (non-hydrogen) atoms. The average Bonchev–Trinajstić information content (AvgIpc) is 2.79. The molecule has 0 saturated heterocycles. The smallest absolute Gasteiger partial charge is 0.343 e. The van der Waals surface area contributed by atoms with E-state index in [1.165, 1.54) is 0 Å². The number of benzene rings is 5. The fraction of sp³-hybridized carbons (Fsp3) is 0. The molecule has 0 unspecified atom stereocenters. The van der Waals surface area contributed by atoms with Crippen LogP contribution in [0.4, 0.5) is 0 Å². The van der Waals surface area contributed by atoms with Crippen LogP contribution < -0.4 is 4.74 Å². The third-order valence-electron chi connectivity index (χ3n) is 5.16. The molecule has 5 aromatic carbocycles. The molecule has 0 bridgehead atoms. The Morgan fingerprint density at radius 2 is 1.17 bits per heavy atom. The standard InChI is InChI=1S/C27H18O2/c28-27(21-11-2-1-3-12-21)29-25-18-17-20-10-5-7-15-23(20)26(25)24-16-8-13-19-9-4-6-14-22(19)24/h1-18H. The van der Waals surface area contributed by atoms with Crippen LogP contribution in [0.15, 0.2) is 109 Å². The summed E-state index contributed by atoms with van der Waals surface area (Å²) in [5.41, 5.74) is 2.52. The summed E-state index contributed by atoms with van der Waals surface area (Å²) < 4.78 is 5.90. The van der Waals surface area contributed by atoms with Crippen LogP contribution in [0.1, 0.15) is 10.4 Å². The van der Waals surface area contributed by atoms with Crippen LogP contribution in [-0.4, -0.2) is 5.97 Å². The lowest BCUT2D eigenvalue weighted by Gasteiger charge is -2.15. The minimum absolute atomic E-state index is 0.359. The van der Waals surface area contributed by atoms with Crippen molar-refractivity contribution in [2.45, 2.75) is 0 Å². The molecule has 0 atom stereocenters. The van der Waals surface area contributed by atoms with E-state index in [0.717, 1.165) is 32.7 Å². The van der Waals surface area contributed by atoms with E-state index in [1.54, 1.807) is 12.1 Å². The summed E-state index contributed by atoms with van der Waals surface area (Å²) in [6, 6.07) is 35.7. The van der Waals surface area contributed by atoms with Crippen molar-refractivity contribution in [3.05, 3.63) is 115 Å². The third-order valence-corrected chi connectivity index (χ3v) is 5.16. The van der Waals surface area contributed by atoms with Gasteiger partial charge in [0.25, 0.3) is 0 Å². The second-order valence-electron chi connectivity index (χ2n) is 6.94. The normalized spacial score (nSPS) is 10.9. The fourth-order valence-electron chi connectivity index (χ4n) is 3.79. The molecule has 0 aliphatic rings. The number of fused-ring (bicyclic) bond motifs is 2. The Kier molecular flexibility index (Phi) is 4.30. The maximum absolute atomic E-state index is 12.8. The average molecular weight is 374 g/mol. The van der Waals surface area contributed by atoms with Crippen molar-refractivity contribution in [3.8, 4) is 16.9 Å². The first kappa shape index (κ1) is 17.2. The summed E-state index contributed by atoms with van der Waals surface area (Å²) in [6.45, 7) is 0. The zero-order valence-corrected chi connectivity index (χ0v) is 15.7. The first-order valence-corrected chi connectivity index (χ1v) is 9.58. The van der Waals surface area contributed by atoms with Crippen LogP contribution in [0.5, 0.6) is 5.75 Å². The van der Waals surface area contributed by atoms with E-state index in [4.69, 9.17) is 4.74 Å². The lowest BCUT2D eigenvalue weighted by molar-refractivity contribution is 0.0736. The minimum atomic E-state index is -0.359. The molecule has 0 radical (unpaired) electrons. The minimum Gasteiger partial charge on any atom is -0.422 e. The highest BCUT2D eigenvalue weighted by Crippen LogP contribution is 2.40. The van der Waals surface area contributed by atoms with Crippen LogP contribution >= 0.6 is 0 Å². The fourth-order valence-corrected chi connectivity index (χ4v) is 3.79. The first-order chi connectivity index (χ1) is 14.3. The number of ether oxygens (including phenoxy) is 1. The Hall–Kier alpha value is -3.91. The van der Waals surface area contributed by atoms with Crippen molar-refractivity contribution in [2.24, 2.45) is 0 Å². The van der Waals surface area contributed by atoms with Gasteiger partial charge in [0.15, 0.2) is 0 Å². The summed E-state index contributed by atoms with van der Waals surface area (Å²) in [7, 11) is 0. The highest BCUT2D eigenvalue weighted by molar-refractivity contribution is 6.08. The van der Waals surface area contributed by atoms with Crippen LogP contribution in [0.3, 0.4) is 0 Å².